The van der Waals surface area contributed by atoms with Crippen LogP contribution in [0.15, 0.2) is 34.9 Å². The van der Waals surface area contributed by atoms with Crippen LogP contribution in [0.2, 0.25) is 0 Å². The number of benzene rings is 1. The lowest BCUT2D eigenvalue weighted by Gasteiger charge is -2.30. The number of pyridine rings is 1. The highest BCUT2D eigenvalue weighted by molar-refractivity contribution is 9.10. The van der Waals surface area contributed by atoms with E-state index in [0.29, 0.717) is 36.6 Å². The summed E-state index contributed by atoms with van der Waals surface area (Å²) in [5.74, 6) is 1.36. The monoisotopic (exact) mass is 422 g/mol. The third kappa shape index (κ3) is 3.13. The highest BCUT2D eigenvalue weighted by atomic mass is 79.9. The van der Waals surface area contributed by atoms with Crippen LogP contribution in [-0.4, -0.2) is 21.5 Å². The number of hydrogen-bond acceptors (Lipinski definition) is 4. The molecule has 4 rings (SSSR count). The van der Waals surface area contributed by atoms with Crippen LogP contribution < -0.4 is 4.90 Å². The van der Waals surface area contributed by atoms with E-state index >= 15 is 0 Å². The second kappa shape index (κ2) is 6.19. The van der Waals surface area contributed by atoms with Crippen molar-refractivity contribution in [3.8, 4) is 0 Å². The molecule has 0 radical (unpaired) electrons. The Kier molecular flexibility index (Phi) is 4.10. The summed E-state index contributed by atoms with van der Waals surface area (Å²) in [7, 11) is 0. The highest BCUT2D eigenvalue weighted by Crippen LogP contribution is 2.33. The second-order valence-electron chi connectivity index (χ2n) is 6.26. The molecule has 0 fully saturated rings. The molecule has 0 unspecified atom stereocenters. The number of nitrogens with zero attached hydrogens (tertiary/aromatic N) is 4. The Morgan fingerprint density at radius 2 is 1.96 bits per heavy atom. The minimum Gasteiger partial charge on any atom is -0.351 e. The van der Waals surface area contributed by atoms with E-state index < -0.39 is 11.7 Å². The number of aromatic nitrogens is 3. The first kappa shape index (κ1) is 17.2. The summed E-state index contributed by atoms with van der Waals surface area (Å²) in [5, 5.41) is 0.869. The lowest BCUT2D eigenvalue weighted by molar-refractivity contribution is -0.137. The lowest BCUT2D eigenvalue weighted by Crippen LogP contribution is -2.32. The first-order valence-corrected chi connectivity index (χ1v) is 8.84. The van der Waals surface area contributed by atoms with Gasteiger partial charge in [-0.1, -0.05) is 15.9 Å². The molecular formula is C18H14BrF3N4. The van der Waals surface area contributed by atoms with Crippen LogP contribution in [0.5, 0.6) is 0 Å². The molecule has 0 amide bonds. The Morgan fingerprint density at radius 3 is 2.73 bits per heavy atom. The van der Waals surface area contributed by atoms with Crippen molar-refractivity contribution in [1.82, 2.24) is 15.0 Å². The van der Waals surface area contributed by atoms with Crippen molar-refractivity contribution >= 4 is 32.7 Å². The van der Waals surface area contributed by atoms with E-state index in [0.717, 1.165) is 27.4 Å². The highest BCUT2D eigenvalue weighted by Gasteiger charge is 2.32. The fourth-order valence-corrected chi connectivity index (χ4v) is 3.56. The van der Waals surface area contributed by atoms with E-state index in [1.807, 2.05) is 30.0 Å². The maximum atomic E-state index is 13.0. The van der Waals surface area contributed by atoms with Gasteiger partial charge < -0.3 is 4.90 Å². The van der Waals surface area contributed by atoms with E-state index in [9.17, 15) is 13.2 Å². The number of rotatable bonds is 1. The summed E-state index contributed by atoms with van der Waals surface area (Å²) < 4.78 is 39.9. The van der Waals surface area contributed by atoms with Gasteiger partial charge in [0.05, 0.1) is 11.1 Å². The smallest absolute Gasteiger partial charge is 0.351 e. The van der Waals surface area contributed by atoms with Gasteiger partial charge in [0.1, 0.15) is 11.6 Å². The normalized spacial score (nSPS) is 14.6. The average molecular weight is 423 g/mol. The molecule has 2 aromatic heterocycles. The van der Waals surface area contributed by atoms with Crippen LogP contribution in [0.4, 0.5) is 19.0 Å². The number of hydrogen-bond donors (Lipinski definition) is 0. The second-order valence-corrected chi connectivity index (χ2v) is 7.17. The number of alkyl halides is 3. The molecule has 3 heterocycles. The minimum absolute atomic E-state index is 0.338. The number of fused-ring (bicyclic) bond motifs is 2. The van der Waals surface area contributed by atoms with Crippen LogP contribution in [0.1, 0.15) is 22.6 Å². The lowest BCUT2D eigenvalue weighted by atomic mass is 10.0. The molecule has 0 aliphatic carbocycles. The Hall–Kier alpha value is -2.22. The molecule has 0 spiro atoms. The van der Waals surface area contributed by atoms with Crippen LogP contribution in [-0.2, 0) is 19.1 Å². The first-order valence-electron chi connectivity index (χ1n) is 8.05. The molecule has 1 aliphatic heterocycles. The zero-order valence-corrected chi connectivity index (χ0v) is 15.4. The summed E-state index contributed by atoms with van der Waals surface area (Å²) in [4.78, 5) is 15.0. The van der Waals surface area contributed by atoms with Gasteiger partial charge in [-0.05, 0) is 36.8 Å². The molecule has 1 aliphatic rings. The number of aryl methyl sites for hydroxylation is 1. The van der Waals surface area contributed by atoms with E-state index in [1.165, 1.54) is 6.07 Å². The van der Waals surface area contributed by atoms with Crippen LogP contribution in [0.25, 0.3) is 10.9 Å². The van der Waals surface area contributed by atoms with Gasteiger partial charge in [-0.3, -0.25) is 4.98 Å². The molecule has 0 saturated carbocycles. The van der Waals surface area contributed by atoms with Gasteiger partial charge in [-0.15, -0.1) is 0 Å². The van der Waals surface area contributed by atoms with Crippen LogP contribution >= 0.6 is 15.9 Å². The van der Waals surface area contributed by atoms with Crippen LogP contribution in [0, 0.1) is 6.92 Å². The first-order chi connectivity index (χ1) is 12.3. The van der Waals surface area contributed by atoms with Crippen molar-refractivity contribution in [3.05, 3.63) is 57.6 Å². The molecule has 0 N–H and O–H groups in total. The quantitative estimate of drug-likeness (QED) is 0.570. The van der Waals surface area contributed by atoms with Gasteiger partial charge in [0.2, 0.25) is 0 Å². The van der Waals surface area contributed by atoms with E-state index in [4.69, 9.17) is 0 Å². The Balaban J connectivity index is 1.77. The van der Waals surface area contributed by atoms with Gasteiger partial charge in [-0.25, -0.2) is 9.97 Å². The summed E-state index contributed by atoms with van der Waals surface area (Å²) in [6.07, 6.45) is -2.91. The van der Waals surface area contributed by atoms with Crippen molar-refractivity contribution in [3.63, 3.8) is 0 Å². The molecule has 26 heavy (non-hydrogen) atoms. The molecule has 4 nitrogen and oxygen atoms in total. The van der Waals surface area contributed by atoms with Crippen molar-refractivity contribution in [1.29, 1.82) is 0 Å². The SMILES string of the molecule is Cc1nc(N2CCc3ncc(C(F)(F)F)cc3C2)c2cc(Br)ccc2n1. The molecule has 0 atom stereocenters. The predicted molar refractivity (Wildman–Crippen MR) is 96.0 cm³/mol. The fraction of sp³-hybridized carbons (Fsp3) is 0.278. The zero-order chi connectivity index (χ0) is 18.5. The summed E-state index contributed by atoms with van der Waals surface area (Å²) >= 11 is 3.46. The van der Waals surface area contributed by atoms with Crippen molar-refractivity contribution < 1.29 is 13.2 Å². The molecule has 3 aromatic rings. The molecular weight excluding hydrogens is 409 g/mol. The molecule has 1 aromatic carbocycles. The van der Waals surface area contributed by atoms with Gasteiger partial charge in [-0.2, -0.15) is 13.2 Å². The third-order valence-electron chi connectivity index (χ3n) is 4.42. The molecule has 0 saturated heterocycles. The third-order valence-corrected chi connectivity index (χ3v) is 4.91. The predicted octanol–water partition coefficient (Wildman–Crippen LogP) is 4.68. The fourth-order valence-electron chi connectivity index (χ4n) is 3.20. The van der Waals surface area contributed by atoms with Gasteiger partial charge in [0.15, 0.2) is 0 Å². The Morgan fingerprint density at radius 1 is 1.15 bits per heavy atom. The Labute approximate surface area is 156 Å². The van der Waals surface area contributed by atoms with E-state index in [2.05, 4.69) is 30.9 Å². The van der Waals surface area contributed by atoms with Crippen molar-refractivity contribution in [2.24, 2.45) is 0 Å². The average Bonchev–Trinajstić information content (AvgIpc) is 2.59. The summed E-state index contributed by atoms with van der Waals surface area (Å²) in [5.41, 5.74) is 1.39. The maximum Gasteiger partial charge on any atom is 0.417 e. The van der Waals surface area contributed by atoms with Crippen molar-refractivity contribution in [2.75, 3.05) is 11.4 Å². The van der Waals surface area contributed by atoms with E-state index in [-0.39, 0.29) is 0 Å². The standard InChI is InChI=1S/C18H14BrF3N4/c1-10-24-16-3-2-13(19)7-14(16)17(25-10)26-5-4-15-11(9-26)6-12(8-23-15)18(20,21)22/h2-3,6-8H,4-5,9H2,1H3. The molecule has 134 valence electrons. The van der Waals surface area contributed by atoms with E-state index in [1.54, 1.807) is 0 Å². The summed E-state index contributed by atoms with van der Waals surface area (Å²) in [6, 6.07) is 6.94. The number of halogens is 4. The van der Waals surface area contributed by atoms with Crippen LogP contribution in [0.3, 0.4) is 0 Å². The van der Waals surface area contributed by atoms with Gasteiger partial charge in [0, 0.05) is 41.3 Å². The number of anilines is 1. The summed E-state index contributed by atoms with van der Waals surface area (Å²) in [6.45, 7) is 2.79. The van der Waals surface area contributed by atoms with Gasteiger partial charge >= 0.3 is 6.18 Å². The zero-order valence-electron chi connectivity index (χ0n) is 13.8. The topological polar surface area (TPSA) is 41.9 Å². The molecule has 8 heteroatoms. The Bertz CT molecular complexity index is 1000. The minimum atomic E-state index is -4.40. The van der Waals surface area contributed by atoms with Crippen molar-refractivity contribution in [2.45, 2.75) is 26.1 Å². The largest absolute Gasteiger partial charge is 0.417 e. The molecule has 0 bridgehead atoms. The van der Waals surface area contributed by atoms with Gasteiger partial charge in [0.25, 0.3) is 0 Å². The maximum absolute atomic E-state index is 13.0.